The Morgan fingerprint density at radius 1 is 1.03 bits per heavy atom. The molecule has 4 aromatic rings. The van der Waals surface area contributed by atoms with Crippen molar-refractivity contribution in [2.45, 2.75) is 56.6 Å². The lowest BCUT2D eigenvalue weighted by Gasteiger charge is -2.19. The second-order valence-electron chi connectivity index (χ2n) is 8.86. The summed E-state index contributed by atoms with van der Waals surface area (Å²) < 4.78 is 12.8. The number of hydrogen-bond donors (Lipinski definition) is 1. The number of aromatic nitrogens is 3. The Hall–Kier alpha value is -3.26. The van der Waals surface area contributed by atoms with Gasteiger partial charge in [-0.1, -0.05) is 56.8 Å². The molecule has 0 radical (unpaired) electrons. The van der Waals surface area contributed by atoms with Gasteiger partial charge in [-0.05, 0) is 42.2 Å². The van der Waals surface area contributed by atoms with Crippen molar-refractivity contribution in [3.8, 4) is 11.4 Å². The van der Waals surface area contributed by atoms with Crippen LogP contribution in [-0.2, 0) is 23.3 Å². The molecule has 1 aromatic carbocycles. The maximum atomic E-state index is 12.6. The molecule has 3 heterocycles. The van der Waals surface area contributed by atoms with Crippen molar-refractivity contribution in [3.63, 3.8) is 0 Å². The van der Waals surface area contributed by atoms with Crippen LogP contribution in [-0.4, -0.2) is 25.9 Å². The quantitative estimate of drug-likeness (QED) is 0.357. The fourth-order valence-electron chi connectivity index (χ4n) is 3.35. The molecule has 0 saturated heterocycles. The first-order chi connectivity index (χ1) is 15.8. The summed E-state index contributed by atoms with van der Waals surface area (Å²) in [5.41, 5.74) is 2.28. The van der Waals surface area contributed by atoms with Crippen LogP contribution in [0.4, 0.5) is 0 Å². The summed E-state index contributed by atoms with van der Waals surface area (Å²) in [6, 6.07) is 15.8. The van der Waals surface area contributed by atoms with E-state index in [1.54, 1.807) is 18.6 Å². The molecule has 0 bridgehead atoms. The average molecular weight is 465 g/mol. The highest BCUT2D eigenvalue weighted by molar-refractivity contribution is 8.00. The Morgan fingerprint density at radius 2 is 1.70 bits per heavy atom. The molecule has 0 spiro atoms. The van der Waals surface area contributed by atoms with E-state index >= 15 is 0 Å². The van der Waals surface area contributed by atoms with Gasteiger partial charge in [0.25, 0.3) is 0 Å². The number of rotatable bonds is 8. The van der Waals surface area contributed by atoms with E-state index in [0.29, 0.717) is 24.0 Å². The molecule has 33 heavy (non-hydrogen) atoms. The molecule has 0 aliphatic heterocycles. The Morgan fingerprint density at radius 3 is 2.30 bits per heavy atom. The van der Waals surface area contributed by atoms with Gasteiger partial charge in [-0.15, -0.1) is 10.2 Å². The molecule has 1 amide bonds. The molecule has 0 unspecified atom stereocenters. The normalized spacial score (nSPS) is 12.6. The van der Waals surface area contributed by atoms with Gasteiger partial charge in [-0.25, -0.2) is 0 Å². The maximum Gasteiger partial charge on any atom is 0.233 e. The molecule has 1 atom stereocenters. The van der Waals surface area contributed by atoms with E-state index in [9.17, 15) is 4.79 Å². The Balaban J connectivity index is 1.56. The van der Waals surface area contributed by atoms with Crippen LogP contribution in [0.2, 0.25) is 0 Å². The lowest BCUT2D eigenvalue weighted by molar-refractivity contribution is -0.120. The highest BCUT2D eigenvalue weighted by atomic mass is 32.2. The van der Waals surface area contributed by atoms with Gasteiger partial charge < -0.3 is 14.2 Å². The van der Waals surface area contributed by atoms with Crippen molar-refractivity contribution < 1.29 is 13.6 Å². The minimum atomic E-state index is -0.365. The highest BCUT2D eigenvalue weighted by Crippen LogP contribution is 2.30. The van der Waals surface area contributed by atoms with E-state index in [-0.39, 0.29) is 16.6 Å². The molecule has 1 N–H and O–H groups in total. The summed E-state index contributed by atoms with van der Waals surface area (Å²) in [4.78, 5) is 12.6. The maximum absolute atomic E-state index is 12.6. The number of furan rings is 2. The molecular weight excluding hydrogens is 436 g/mol. The standard InChI is InChI=1S/C25H28N4O3S/c1-17(23(30)26-15-20-7-5-13-31-20)33-24-28-27-22(29(24)16-21-8-6-14-32-21)18-9-11-19(12-10-18)25(2,3)4/h5-14,17H,15-16H2,1-4H3,(H,26,30)/t17-/m0/s1. The monoisotopic (exact) mass is 464 g/mol. The van der Waals surface area contributed by atoms with Gasteiger partial charge in [-0.3, -0.25) is 9.36 Å². The van der Waals surface area contributed by atoms with E-state index in [1.165, 1.54) is 17.3 Å². The molecule has 0 fully saturated rings. The minimum absolute atomic E-state index is 0.0693. The van der Waals surface area contributed by atoms with Crippen LogP contribution in [0.1, 0.15) is 44.8 Å². The average Bonchev–Trinajstić information content (AvgIpc) is 3.55. The Kier molecular flexibility index (Phi) is 6.74. The van der Waals surface area contributed by atoms with Crippen LogP contribution in [0.5, 0.6) is 0 Å². The van der Waals surface area contributed by atoms with Crippen LogP contribution in [0.15, 0.2) is 75.0 Å². The predicted octanol–water partition coefficient (Wildman–Crippen LogP) is 5.27. The van der Waals surface area contributed by atoms with Crippen molar-refractivity contribution >= 4 is 17.7 Å². The number of carbonyl (C=O) groups excluding carboxylic acids is 1. The van der Waals surface area contributed by atoms with Crippen molar-refractivity contribution in [1.82, 2.24) is 20.1 Å². The Labute approximate surface area is 197 Å². The van der Waals surface area contributed by atoms with Crippen molar-refractivity contribution in [2.75, 3.05) is 0 Å². The predicted molar refractivity (Wildman–Crippen MR) is 128 cm³/mol. The van der Waals surface area contributed by atoms with E-state index in [2.05, 4.69) is 60.6 Å². The number of amides is 1. The summed E-state index contributed by atoms with van der Waals surface area (Å²) in [5, 5.41) is 12.1. The number of nitrogens with one attached hydrogen (secondary N) is 1. The number of carbonyl (C=O) groups is 1. The SMILES string of the molecule is C[C@H](Sc1nnc(-c2ccc(C(C)(C)C)cc2)n1Cc1ccco1)C(=O)NCc1ccco1. The van der Waals surface area contributed by atoms with Gasteiger partial charge in [0, 0.05) is 5.56 Å². The van der Waals surface area contributed by atoms with E-state index in [1.807, 2.05) is 29.7 Å². The van der Waals surface area contributed by atoms with Crippen molar-refractivity contribution in [3.05, 3.63) is 78.1 Å². The van der Waals surface area contributed by atoms with E-state index in [0.717, 1.165) is 17.1 Å². The smallest absolute Gasteiger partial charge is 0.233 e. The third-order valence-electron chi connectivity index (χ3n) is 5.29. The lowest BCUT2D eigenvalue weighted by atomic mass is 9.87. The molecule has 0 aliphatic rings. The minimum Gasteiger partial charge on any atom is -0.467 e. The molecular formula is C25H28N4O3S. The molecule has 8 heteroatoms. The highest BCUT2D eigenvalue weighted by Gasteiger charge is 2.22. The number of thioether (sulfide) groups is 1. The largest absolute Gasteiger partial charge is 0.467 e. The number of benzene rings is 1. The molecule has 4 rings (SSSR count). The van der Waals surface area contributed by atoms with Crippen LogP contribution >= 0.6 is 11.8 Å². The van der Waals surface area contributed by atoms with Gasteiger partial charge in [0.15, 0.2) is 11.0 Å². The Bertz CT molecular complexity index is 1170. The molecule has 0 aliphatic carbocycles. The molecule has 0 saturated carbocycles. The summed E-state index contributed by atoms with van der Waals surface area (Å²) >= 11 is 1.37. The first-order valence-corrected chi connectivity index (χ1v) is 11.7. The fourth-order valence-corrected chi connectivity index (χ4v) is 4.23. The van der Waals surface area contributed by atoms with Crippen molar-refractivity contribution in [1.29, 1.82) is 0 Å². The molecule has 3 aromatic heterocycles. The van der Waals surface area contributed by atoms with Crippen LogP contribution < -0.4 is 5.32 Å². The summed E-state index contributed by atoms with van der Waals surface area (Å²) in [7, 11) is 0. The zero-order chi connectivity index (χ0) is 23.4. The second kappa shape index (κ2) is 9.70. The fraction of sp³-hybridized carbons (Fsp3) is 0.320. The van der Waals surface area contributed by atoms with Crippen LogP contribution in [0, 0.1) is 0 Å². The van der Waals surface area contributed by atoms with Gasteiger partial charge in [0.2, 0.25) is 5.91 Å². The third-order valence-corrected chi connectivity index (χ3v) is 6.37. The van der Waals surface area contributed by atoms with Gasteiger partial charge in [-0.2, -0.15) is 0 Å². The van der Waals surface area contributed by atoms with Crippen molar-refractivity contribution in [2.24, 2.45) is 0 Å². The van der Waals surface area contributed by atoms with Crippen LogP contribution in [0.25, 0.3) is 11.4 Å². The van der Waals surface area contributed by atoms with Gasteiger partial charge >= 0.3 is 0 Å². The topological polar surface area (TPSA) is 86.1 Å². The number of hydrogen-bond acceptors (Lipinski definition) is 6. The van der Waals surface area contributed by atoms with Crippen LogP contribution in [0.3, 0.4) is 0 Å². The lowest BCUT2D eigenvalue weighted by Crippen LogP contribution is -2.30. The summed E-state index contributed by atoms with van der Waals surface area (Å²) in [6.07, 6.45) is 3.24. The second-order valence-corrected chi connectivity index (χ2v) is 10.2. The summed E-state index contributed by atoms with van der Waals surface area (Å²) in [6.45, 7) is 9.24. The zero-order valence-electron chi connectivity index (χ0n) is 19.2. The molecule has 172 valence electrons. The number of nitrogens with zero attached hydrogens (tertiary/aromatic N) is 3. The molecule has 7 nitrogen and oxygen atoms in total. The first-order valence-electron chi connectivity index (χ1n) is 10.8. The van der Waals surface area contributed by atoms with E-state index in [4.69, 9.17) is 8.83 Å². The van der Waals surface area contributed by atoms with E-state index < -0.39 is 0 Å². The zero-order valence-corrected chi connectivity index (χ0v) is 20.1. The van der Waals surface area contributed by atoms with Gasteiger partial charge in [0.1, 0.15) is 11.5 Å². The van der Waals surface area contributed by atoms with Gasteiger partial charge in [0.05, 0.1) is 30.9 Å². The third kappa shape index (κ3) is 5.57. The summed E-state index contributed by atoms with van der Waals surface area (Å²) in [5.74, 6) is 2.14. The first kappa shape index (κ1) is 22.9.